The Balaban J connectivity index is 1.33. The van der Waals surface area contributed by atoms with Gasteiger partial charge in [-0.05, 0) is 43.3 Å². The molecule has 0 aliphatic rings. The van der Waals surface area contributed by atoms with E-state index < -0.39 is 0 Å². The summed E-state index contributed by atoms with van der Waals surface area (Å²) in [7, 11) is 0. The first kappa shape index (κ1) is 19.3. The average molecular weight is 447 g/mol. The van der Waals surface area contributed by atoms with Gasteiger partial charge in [-0.3, -0.25) is 9.20 Å². The van der Waals surface area contributed by atoms with Gasteiger partial charge in [0.2, 0.25) is 0 Å². The lowest BCUT2D eigenvalue weighted by Crippen LogP contribution is -2.11. The molecular formula is C22H18N6OS2. The normalized spacial score (nSPS) is 11.0. The minimum Gasteiger partial charge on any atom is -0.397 e. The molecule has 5 rings (SSSR count). The van der Waals surface area contributed by atoms with E-state index in [0.29, 0.717) is 16.3 Å². The molecule has 0 spiro atoms. The highest BCUT2D eigenvalue weighted by Gasteiger charge is 2.15. The number of aromatic nitrogens is 3. The Labute approximate surface area is 186 Å². The molecule has 0 atom stereocenters. The lowest BCUT2D eigenvalue weighted by atomic mass is 10.2. The maximum absolute atomic E-state index is 12.5. The number of thiophene rings is 1. The molecular weight excluding hydrogens is 428 g/mol. The van der Waals surface area contributed by atoms with Gasteiger partial charge in [-0.25, -0.2) is 9.97 Å². The monoisotopic (exact) mass is 446 g/mol. The molecule has 0 bridgehead atoms. The maximum atomic E-state index is 12.5. The number of carbonyl (C=O) groups is 1. The average Bonchev–Trinajstić information content (AvgIpc) is 3.48. The molecule has 31 heavy (non-hydrogen) atoms. The van der Waals surface area contributed by atoms with Crippen molar-refractivity contribution in [3.05, 3.63) is 76.7 Å². The standard InChI is InChI=1S/C22H18N6OS2/c1-13-20(28-11-5-4-8-18(28)24-13)16-12-30-22(26-16)27-19-10-9-17(31-19)21(29)25-15-7-3-2-6-14(15)23/h2-12H,23H2,1H3,(H,25,29)(H,26,27). The molecule has 0 aliphatic heterocycles. The quantitative estimate of drug-likeness (QED) is 0.314. The predicted molar refractivity (Wildman–Crippen MR) is 127 cm³/mol. The number of nitrogen functional groups attached to an aromatic ring is 1. The van der Waals surface area contributed by atoms with Crippen LogP contribution in [0.4, 0.5) is 21.5 Å². The number of hydrogen-bond acceptors (Lipinski definition) is 7. The molecule has 0 fully saturated rings. The minimum absolute atomic E-state index is 0.197. The molecule has 4 N–H and O–H groups in total. The number of benzene rings is 1. The zero-order valence-corrected chi connectivity index (χ0v) is 18.1. The van der Waals surface area contributed by atoms with Crippen LogP contribution in [0.3, 0.4) is 0 Å². The largest absolute Gasteiger partial charge is 0.397 e. The summed E-state index contributed by atoms with van der Waals surface area (Å²) in [5.41, 5.74) is 10.7. The SMILES string of the molecule is Cc1nc2ccccn2c1-c1csc(Nc2ccc(C(=O)Nc3ccccc3N)s2)n1. The number of pyridine rings is 1. The Morgan fingerprint density at radius 2 is 1.90 bits per heavy atom. The third-order valence-electron chi connectivity index (χ3n) is 4.72. The lowest BCUT2D eigenvalue weighted by Gasteiger charge is -2.06. The van der Waals surface area contributed by atoms with Crippen molar-refractivity contribution in [3.8, 4) is 11.4 Å². The predicted octanol–water partition coefficient (Wildman–Crippen LogP) is 5.41. The highest BCUT2D eigenvalue weighted by Crippen LogP contribution is 2.32. The lowest BCUT2D eigenvalue weighted by molar-refractivity contribution is 0.103. The van der Waals surface area contributed by atoms with Crippen LogP contribution in [-0.4, -0.2) is 20.3 Å². The van der Waals surface area contributed by atoms with Crippen molar-refractivity contribution >= 4 is 55.7 Å². The van der Waals surface area contributed by atoms with Crippen LogP contribution >= 0.6 is 22.7 Å². The molecule has 0 saturated heterocycles. The van der Waals surface area contributed by atoms with Crippen LogP contribution in [-0.2, 0) is 0 Å². The van der Waals surface area contributed by atoms with Gasteiger partial charge in [0.1, 0.15) is 11.3 Å². The molecule has 0 radical (unpaired) electrons. The summed E-state index contributed by atoms with van der Waals surface area (Å²) in [5.74, 6) is -0.197. The van der Waals surface area contributed by atoms with Crippen LogP contribution in [0.15, 0.2) is 66.2 Å². The summed E-state index contributed by atoms with van der Waals surface area (Å²) in [5, 5.41) is 9.73. The molecule has 1 aromatic carbocycles. The van der Waals surface area contributed by atoms with Gasteiger partial charge >= 0.3 is 0 Å². The van der Waals surface area contributed by atoms with E-state index in [-0.39, 0.29) is 5.91 Å². The molecule has 0 saturated carbocycles. The number of imidazole rings is 1. The number of anilines is 4. The van der Waals surface area contributed by atoms with E-state index in [1.54, 1.807) is 18.2 Å². The van der Waals surface area contributed by atoms with E-state index in [4.69, 9.17) is 10.7 Å². The topological polar surface area (TPSA) is 97.3 Å². The van der Waals surface area contributed by atoms with Gasteiger partial charge in [0.05, 0.1) is 32.6 Å². The van der Waals surface area contributed by atoms with Crippen LogP contribution in [0, 0.1) is 6.92 Å². The van der Waals surface area contributed by atoms with Crippen molar-refractivity contribution in [3.63, 3.8) is 0 Å². The molecule has 4 heterocycles. The molecule has 9 heteroatoms. The Kier molecular flexibility index (Phi) is 4.89. The fourth-order valence-corrected chi connectivity index (χ4v) is 4.86. The second kappa shape index (κ2) is 7.86. The van der Waals surface area contributed by atoms with Crippen LogP contribution in [0.2, 0.25) is 0 Å². The van der Waals surface area contributed by atoms with Gasteiger partial charge < -0.3 is 16.4 Å². The van der Waals surface area contributed by atoms with Crippen LogP contribution in [0.1, 0.15) is 15.4 Å². The van der Waals surface area contributed by atoms with Gasteiger partial charge in [-0.1, -0.05) is 18.2 Å². The number of fused-ring (bicyclic) bond motifs is 1. The van der Waals surface area contributed by atoms with Crippen molar-refractivity contribution in [1.29, 1.82) is 0 Å². The van der Waals surface area contributed by atoms with Gasteiger partial charge in [0.15, 0.2) is 5.13 Å². The van der Waals surface area contributed by atoms with E-state index in [0.717, 1.165) is 32.9 Å². The second-order valence-electron chi connectivity index (χ2n) is 6.84. The summed E-state index contributed by atoms with van der Waals surface area (Å²) in [6.45, 7) is 1.98. The van der Waals surface area contributed by atoms with E-state index in [1.165, 1.54) is 22.7 Å². The fourth-order valence-electron chi connectivity index (χ4n) is 3.29. The smallest absolute Gasteiger partial charge is 0.265 e. The molecule has 154 valence electrons. The zero-order valence-electron chi connectivity index (χ0n) is 16.5. The van der Waals surface area contributed by atoms with Crippen molar-refractivity contribution < 1.29 is 4.79 Å². The number of amides is 1. The van der Waals surface area contributed by atoms with Crippen molar-refractivity contribution in [2.75, 3.05) is 16.4 Å². The molecule has 0 aliphatic carbocycles. The molecule has 1 amide bonds. The van der Waals surface area contributed by atoms with Crippen molar-refractivity contribution in [2.24, 2.45) is 0 Å². The van der Waals surface area contributed by atoms with E-state index >= 15 is 0 Å². The number of nitrogens with zero attached hydrogens (tertiary/aromatic N) is 3. The van der Waals surface area contributed by atoms with Crippen molar-refractivity contribution in [2.45, 2.75) is 6.92 Å². The maximum Gasteiger partial charge on any atom is 0.265 e. The number of hydrogen-bond donors (Lipinski definition) is 3. The van der Waals surface area contributed by atoms with E-state index in [9.17, 15) is 4.79 Å². The number of para-hydroxylation sites is 2. The number of thiazole rings is 1. The minimum atomic E-state index is -0.197. The second-order valence-corrected chi connectivity index (χ2v) is 8.78. The van der Waals surface area contributed by atoms with Crippen LogP contribution in [0.5, 0.6) is 0 Å². The number of nitrogens with one attached hydrogen (secondary N) is 2. The summed E-state index contributed by atoms with van der Waals surface area (Å²) < 4.78 is 2.04. The molecule has 0 unspecified atom stereocenters. The fraction of sp³-hybridized carbons (Fsp3) is 0.0455. The highest BCUT2D eigenvalue weighted by atomic mass is 32.1. The number of aryl methyl sites for hydroxylation is 1. The Morgan fingerprint density at radius 1 is 1.06 bits per heavy atom. The first-order valence-electron chi connectivity index (χ1n) is 9.51. The van der Waals surface area contributed by atoms with Crippen LogP contribution < -0.4 is 16.4 Å². The van der Waals surface area contributed by atoms with Gasteiger partial charge in [-0.2, -0.15) is 0 Å². The van der Waals surface area contributed by atoms with Crippen molar-refractivity contribution in [1.82, 2.24) is 14.4 Å². The number of nitrogens with two attached hydrogens (primary N) is 1. The summed E-state index contributed by atoms with van der Waals surface area (Å²) in [4.78, 5) is 22.5. The Morgan fingerprint density at radius 3 is 2.77 bits per heavy atom. The number of rotatable bonds is 5. The molecule has 5 aromatic rings. The zero-order chi connectivity index (χ0) is 21.4. The third kappa shape index (κ3) is 3.76. The Hall–Kier alpha value is -3.69. The van der Waals surface area contributed by atoms with Crippen LogP contribution in [0.25, 0.3) is 17.0 Å². The summed E-state index contributed by atoms with van der Waals surface area (Å²) in [6, 6.07) is 16.8. The Bertz CT molecular complexity index is 1400. The van der Waals surface area contributed by atoms with Gasteiger partial charge in [0, 0.05) is 11.6 Å². The first-order chi connectivity index (χ1) is 15.1. The summed E-state index contributed by atoms with van der Waals surface area (Å²) >= 11 is 2.87. The number of carbonyl (C=O) groups excluding carboxylic acids is 1. The molecule has 4 aromatic heterocycles. The van der Waals surface area contributed by atoms with Gasteiger partial charge in [0.25, 0.3) is 5.91 Å². The van der Waals surface area contributed by atoms with E-state index in [1.807, 2.05) is 59.3 Å². The van der Waals surface area contributed by atoms with E-state index in [2.05, 4.69) is 15.6 Å². The molecule has 7 nitrogen and oxygen atoms in total. The third-order valence-corrected chi connectivity index (χ3v) is 6.48. The van der Waals surface area contributed by atoms with Gasteiger partial charge in [-0.15, -0.1) is 22.7 Å². The highest BCUT2D eigenvalue weighted by molar-refractivity contribution is 7.19. The summed E-state index contributed by atoms with van der Waals surface area (Å²) in [6.07, 6.45) is 1.99. The first-order valence-corrected chi connectivity index (χ1v) is 11.2.